The maximum Gasteiger partial charge on any atom is 0.332 e. The molecule has 3 aromatic heterocycles. The topological polar surface area (TPSA) is 131 Å². The van der Waals surface area contributed by atoms with Crippen LogP contribution in [0.25, 0.3) is 16.7 Å². The summed E-state index contributed by atoms with van der Waals surface area (Å²) in [5.41, 5.74) is 0.299. The molecule has 0 radical (unpaired) electrons. The van der Waals surface area contributed by atoms with Crippen LogP contribution in [0, 0.1) is 0 Å². The lowest BCUT2D eigenvalue weighted by Crippen LogP contribution is -2.38. The highest BCUT2D eigenvalue weighted by atomic mass is 16.6. The van der Waals surface area contributed by atoms with E-state index in [1.54, 1.807) is 16.5 Å². The van der Waals surface area contributed by atoms with Gasteiger partial charge in [0.25, 0.3) is 5.56 Å². The number of fused-ring (bicyclic) bond motifs is 3. The van der Waals surface area contributed by atoms with E-state index >= 15 is 0 Å². The summed E-state index contributed by atoms with van der Waals surface area (Å²) in [7, 11) is 2.89. The first kappa shape index (κ1) is 16.9. The molecule has 0 aromatic carbocycles. The lowest BCUT2D eigenvalue weighted by molar-refractivity contribution is -0.0240. The Labute approximate surface area is 146 Å². The molecule has 4 rings (SSSR count). The summed E-state index contributed by atoms with van der Waals surface area (Å²) in [6.45, 7) is -0.448. The summed E-state index contributed by atoms with van der Waals surface area (Å²) in [5, 5.41) is 29.7. The molecular weight excluding hydrogens is 344 g/mol. The van der Waals surface area contributed by atoms with E-state index in [0.29, 0.717) is 11.2 Å². The highest BCUT2D eigenvalue weighted by Crippen LogP contribution is 2.34. The smallest absolute Gasteiger partial charge is 0.332 e. The zero-order chi connectivity index (χ0) is 18.7. The van der Waals surface area contributed by atoms with Gasteiger partial charge in [0, 0.05) is 14.1 Å². The van der Waals surface area contributed by atoms with Crippen molar-refractivity contribution >= 4 is 16.7 Å². The Balaban J connectivity index is 2.06. The lowest BCUT2D eigenvalue weighted by atomic mass is 10.1. The van der Waals surface area contributed by atoms with Gasteiger partial charge in [0.15, 0.2) is 11.2 Å². The van der Waals surface area contributed by atoms with Gasteiger partial charge in [-0.05, 0) is 12.1 Å². The van der Waals surface area contributed by atoms with Crippen molar-refractivity contribution < 1.29 is 20.1 Å². The molecule has 4 atom stereocenters. The molecule has 3 N–H and O–H groups in total. The van der Waals surface area contributed by atoms with Crippen molar-refractivity contribution in [2.24, 2.45) is 14.1 Å². The van der Waals surface area contributed by atoms with Crippen LogP contribution < -0.4 is 11.2 Å². The zero-order valence-corrected chi connectivity index (χ0v) is 14.1. The summed E-state index contributed by atoms with van der Waals surface area (Å²) in [6.07, 6.45) is -2.90. The molecule has 26 heavy (non-hydrogen) atoms. The maximum atomic E-state index is 12.7. The van der Waals surface area contributed by atoms with Gasteiger partial charge < -0.3 is 24.5 Å². The molecule has 1 aliphatic heterocycles. The second-order valence-electron chi connectivity index (χ2n) is 6.41. The first-order valence-corrected chi connectivity index (χ1v) is 8.05. The van der Waals surface area contributed by atoms with E-state index < -0.39 is 42.3 Å². The van der Waals surface area contributed by atoms with E-state index in [9.17, 15) is 24.9 Å². The second-order valence-corrected chi connectivity index (χ2v) is 6.41. The van der Waals surface area contributed by atoms with Crippen LogP contribution in [0.3, 0.4) is 0 Å². The standard InChI is InChI=1S/C16H18N4O6/c1-18-14-10(15(24)19(2)16(18)25)20-7(5-17-14)3-4-8(20)13-12(23)11(22)9(6-21)26-13/h3-5,9,11-13,21-23H,6H2,1-2H3/t9-,11-,12-,13+/m1/s1. The monoisotopic (exact) mass is 362 g/mol. The number of aromatic nitrogens is 4. The maximum absolute atomic E-state index is 12.7. The minimum atomic E-state index is -1.27. The molecule has 0 bridgehead atoms. The molecule has 1 saturated heterocycles. The van der Waals surface area contributed by atoms with E-state index in [0.717, 1.165) is 4.57 Å². The summed E-state index contributed by atoms with van der Waals surface area (Å²) < 4.78 is 9.39. The first-order valence-electron chi connectivity index (χ1n) is 8.05. The Bertz CT molecular complexity index is 1130. The molecule has 0 spiro atoms. The largest absolute Gasteiger partial charge is 0.394 e. The van der Waals surface area contributed by atoms with E-state index in [1.165, 1.54) is 24.9 Å². The number of aliphatic hydroxyl groups is 3. The van der Waals surface area contributed by atoms with Crippen LogP contribution in [0.4, 0.5) is 0 Å². The fourth-order valence-corrected chi connectivity index (χ4v) is 3.48. The Morgan fingerprint density at radius 1 is 1.15 bits per heavy atom. The minimum absolute atomic E-state index is 0.157. The van der Waals surface area contributed by atoms with Crippen molar-refractivity contribution in [3.63, 3.8) is 0 Å². The fourth-order valence-electron chi connectivity index (χ4n) is 3.48. The van der Waals surface area contributed by atoms with Gasteiger partial charge in [0.1, 0.15) is 24.4 Å². The van der Waals surface area contributed by atoms with Gasteiger partial charge >= 0.3 is 5.69 Å². The second kappa shape index (κ2) is 5.74. The molecule has 0 aliphatic carbocycles. The number of ether oxygens (including phenoxy) is 1. The molecule has 10 nitrogen and oxygen atoms in total. The van der Waals surface area contributed by atoms with Crippen LogP contribution in [-0.2, 0) is 18.8 Å². The average Bonchev–Trinajstić information content (AvgIpc) is 3.19. The van der Waals surface area contributed by atoms with E-state index in [1.807, 2.05) is 0 Å². The number of aryl methyl sites for hydroxylation is 1. The van der Waals surface area contributed by atoms with Crippen molar-refractivity contribution in [1.29, 1.82) is 0 Å². The van der Waals surface area contributed by atoms with Gasteiger partial charge in [-0.15, -0.1) is 0 Å². The van der Waals surface area contributed by atoms with E-state index in [-0.39, 0.29) is 11.2 Å². The number of nitrogens with zero attached hydrogens (tertiary/aromatic N) is 4. The van der Waals surface area contributed by atoms with Crippen molar-refractivity contribution in [1.82, 2.24) is 18.5 Å². The van der Waals surface area contributed by atoms with Gasteiger partial charge in [-0.3, -0.25) is 13.9 Å². The predicted octanol–water partition coefficient (Wildman–Crippen LogP) is -1.96. The summed E-state index contributed by atoms with van der Waals surface area (Å²) in [5.74, 6) is 0. The van der Waals surface area contributed by atoms with Gasteiger partial charge in [-0.1, -0.05) is 0 Å². The van der Waals surface area contributed by atoms with Crippen LogP contribution in [0.1, 0.15) is 11.8 Å². The van der Waals surface area contributed by atoms with Crippen LogP contribution >= 0.6 is 0 Å². The molecule has 4 heterocycles. The zero-order valence-electron chi connectivity index (χ0n) is 14.1. The van der Waals surface area contributed by atoms with Crippen LogP contribution in [0.2, 0.25) is 0 Å². The Hall–Kier alpha value is -2.53. The quantitative estimate of drug-likeness (QED) is 0.482. The highest BCUT2D eigenvalue weighted by Gasteiger charge is 2.44. The van der Waals surface area contributed by atoms with Gasteiger partial charge in [0.05, 0.1) is 24.0 Å². The predicted molar refractivity (Wildman–Crippen MR) is 89.9 cm³/mol. The Morgan fingerprint density at radius 2 is 1.88 bits per heavy atom. The lowest BCUT2D eigenvalue weighted by Gasteiger charge is -2.16. The number of rotatable bonds is 2. The average molecular weight is 362 g/mol. The number of hydrogen-bond acceptors (Lipinski definition) is 7. The third kappa shape index (κ3) is 2.10. The minimum Gasteiger partial charge on any atom is -0.394 e. The van der Waals surface area contributed by atoms with Crippen molar-refractivity contribution in [2.45, 2.75) is 24.4 Å². The SMILES string of the molecule is Cn1c(=O)c2c(ncc3ccc([C@@H]4O[C@H](CO)[C@@H](O)[C@H]4O)n32)n(C)c1=O. The van der Waals surface area contributed by atoms with Crippen molar-refractivity contribution in [3.8, 4) is 0 Å². The molecule has 1 aliphatic rings. The molecule has 3 aromatic rings. The molecule has 1 fully saturated rings. The fraction of sp³-hybridized carbons (Fsp3) is 0.438. The molecule has 10 heteroatoms. The molecule has 0 amide bonds. The highest BCUT2D eigenvalue weighted by molar-refractivity contribution is 5.75. The number of aliphatic hydroxyl groups excluding tert-OH is 3. The van der Waals surface area contributed by atoms with Gasteiger partial charge in [-0.2, -0.15) is 0 Å². The van der Waals surface area contributed by atoms with Crippen LogP contribution in [0.15, 0.2) is 27.9 Å². The van der Waals surface area contributed by atoms with E-state index in [2.05, 4.69) is 4.98 Å². The Morgan fingerprint density at radius 3 is 2.54 bits per heavy atom. The Kier molecular flexibility index (Phi) is 3.74. The molecule has 0 unspecified atom stereocenters. The van der Waals surface area contributed by atoms with Gasteiger partial charge in [-0.25, -0.2) is 9.78 Å². The summed E-state index contributed by atoms with van der Waals surface area (Å²) >= 11 is 0. The number of hydrogen-bond donors (Lipinski definition) is 3. The summed E-state index contributed by atoms with van der Waals surface area (Å²) in [4.78, 5) is 29.1. The third-order valence-electron chi connectivity index (χ3n) is 4.93. The third-order valence-corrected chi connectivity index (χ3v) is 4.93. The van der Waals surface area contributed by atoms with Crippen molar-refractivity contribution in [2.75, 3.05) is 6.61 Å². The van der Waals surface area contributed by atoms with Crippen molar-refractivity contribution in [3.05, 3.63) is 44.9 Å². The molecule has 138 valence electrons. The van der Waals surface area contributed by atoms with Crippen LogP contribution in [-0.4, -0.2) is 58.8 Å². The molecule has 0 saturated carbocycles. The first-order chi connectivity index (χ1) is 12.4. The summed E-state index contributed by atoms with van der Waals surface area (Å²) in [6, 6.07) is 3.35. The normalized spacial score (nSPS) is 26.2. The van der Waals surface area contributed by atoms with Gasteiger partial charge in [0.2, 0.25) is 0 Å². The van der Waals surface area contributed by atoms with E-state index in [4.69, 9.17) is 4.74 Å². The molecular formula is C16H18N4O6. The van der Waals surface area contributed by atoms with Crippen LogP contribution in [0.5, 0.6) is 0 Å².